The second-order valence-corrected chi connectivity index (χ2v) is 8.14. The van der Waals surface area contributed by atoms with Crippen molar-refractivity contribution in [1.29, 1.82) is 0 Å². The molecule has 0 aliphatic heterocycles. The Morgan fingerprint density at radius 1 is 1.15 bits per heavy atom. The van der Waals surface area contributed by atoms with Crippen LogP contribution in [0.15, 0.2) is 53.6 Å². The Bertz CT molecular complexity index is 1200. The first-order chi connectivity index (χ1) is 13.0. The zero-order valence-corrected chi connectivity index (χ0v) is 16.5. The smallest absolute Gasteiger partial charge is 0.263 e. The highest BCUT2D eigenvalue weighted by molar-refractivity contribution is 7.19. The van der Waals surface area contributed by atoms with Gasteiger partial charge in [-0.1, -0.05) is 41.4 Å². The highest BCUT2D eigenvalue weighted by Crippen LogP contribution is 2.36. The Kier molecular flexibility index (Phi) is 4.76. The Morgan fingerprint density at radius 3 is 2.59 bits per heavy atom. The van der Waals surface area contributed by atoms with E-state index in [1.807, 2.05) is 19.1 Å². The molecule has 0 fully saturated rings. The van der Waals surface area contributed by atoms with Crippen LogP contribution in [0.5, 0.6) is 0 Å². The molecular formula is C20H13Cl2FN2OS. The fourth-order valence-corrected chi connectivity index (χ4v) is 4.42. The maximum Gasteiger partial charge on any atom is 0.263 e. The van der Waals surface area contributed by atoms with Gasteiger partial charge in [-0.15, -0.1) is 11.3 Å². The zero-order valence-electron chi connectivity index (χ0n) is 14.2. The van der Waals surface area contributed by atoms with Crippen LogP contribution in [0.4, 0.5) is 4.39 Å². The van der Waals surface area contributed by atoms with Crippen LogP contribution in [0.3, 0.4) is 0 Å². The van der Waals surface area contributed by atoms with Gasteiger partial charge in [0.15, 0.2) is 0 Å². The highest BCUT2D eigenvalue weighted by Gasteiger charge is 2.18. The van der Waals surface area contributed by atoms with Crippen molar-refractivity contribution in [3.05, 3.63) is 85.4 Å². The molecule has 0 spiro atoms. The lowest BCUT2D eigenvalue weighted by atomic mass is 10.0. The summed E-state index contributed by atoms with van der Waals surface area (Å²) in [6.45, 7) is 1.97. The van der Waals surface area contributed by atoms with Crippen molar-refractivity contribution in [3.8, 4) is 11.1 Å². The predicted molar refractivity (Wildman–Crippen MR) is 110 cm³/mol. The molecule has 3 nitrogen and oxygen atoms in total. The van der Waals surface area contributed by atoms with E-state index in [1.54, 1.807) is 18.2 Å². The first-order valence-corrected chi connectivity index (χ1v) is 9.70. The topological polar surface area (TPSA) is 34.9 Å². The van der Waals surface area contributed by atoms with Crippen molar-refractivity contribution in [1.82, 2.24) is 9.55 Å². The molecule has 2 aromatic heterocycles. The van der Waals surface area contributed by atoms with E-state index in [0.29, 0.717) is 15.2 Å². The molecule has 136 valence electrons. The summed E-state index contributed by atoms with van der Waals surface area (Å²) < 4.78 is 15.5. The van der Waals surface area contributed by atoms with Crippen molar-refractivity contribution in [2.45, 2.75) is 13.5 Å². The Morgan fingerprint density at radius 2 is 1.89 bits per heavy atom. The molecule has 2 aromatic carbocycles. The maximum absolute atomic E-state index is 14.1. The van der Waals surface area contributed by atoms with Gasteiger partial charge in [-0.3, -0.25) is 9.36 Å². The summed E-state index contributed by atoms with van der Waals surface area (Å²) in [7, 11) is 0. The fraction of sp³-hybridized carbons (Fsp3) is 0.100. The minimum absolute atomic E-state index is 0.0161. The van der Waals surface area contributed by atoms with E-state index in [9.17, 15) is 9.18 Å². The van der Waals surface area contributed by atoms with E-state index >= 15 is 0 Å². The zero-order chi connectivity index (χ0) is 19.1. The van der Waals surface area contributed by atoms with Gasteiger partial charge in [-0.05, 0) is 36.8 Å². The molecule has 4 aromatic rings. The summed E-state index contributed by atoms with van der Waals surface area (Å²) in [4.78, 5) is 19.2. The highest BCUT2D eigenvalue weighted by atomic mass is 35.5. The quantitative estimate of drug-likeness (QED) is 0.413. The van der Waals surface area contributed by atoms with E-state index in [-0.39, 0.29) is 22.7 Å². The molecule has 0 saturated heterocycles. The van der Waals surface area contributed by atoms with E-state index in [0.717, 1.165) is 16.0 Å². The molecule has 4 rings (SSSR count). The number of nitrogens with zero attached hydrogens (tertiary/aromatic N) is 2. The van der Waals surface area contributed by atoms with Gasteiger partial charge in [0.05, 0.1) is 18.3 Å². The molecule has 27 heavy (non-hydrogen) atoms. The second-order valence-electron chi connectivity index (χ2n) is 6.10. The van der Waals surface area contributed by atoms with Crippen molar-refractivity contribution in [2.24, 2.45) is 0 Å². The Labute approximate surface area is 168 Å². The van der Waals surface area contributed by atoms with Crippen molar-refractivity contribution in [2.75, 3.05) is 0 Å². The van der Waals surface area contributed by atoms with Gasteiger partial charge in [0.2, 0.25) is 0 Å². The molecule has 0 amide bonds. The van der Waals surface area contributed by atoms with Gasteiger partial charge in [0.1, 0.15) is 10.6 Å². The summed E-state index contributed by atoms with van der Waals surface area (Å²) in [5, 5.41) is 1.43. The SMILES string of the molecule is Cc1sc2ncn(Cc3c(F)cccc3Cl)c(=O)c2c1-c1ccc(Cl)cc1. The fourth-order valence-electron chi connectivity index (χ4n) is 3.07. The third-order valence-electron chi connectivity index (χ3n) is 4.38. The lowest BCUT2D eigenvalue weighted by Gasteiger charge is -2.09. The van der Waals surface area contributed by atoms with E-state index in [4.69, 9.17) is 23.2 Å². The lowest BCUT2D eigenvalue weighted by molar-refractivity contribution is 0.595. The molecule has 2 heterocycles. The van der Waals surface area contributed by atoms with Gasteiger partial charge >= 0.3 is 0 Å². The predicted octanol–water partition coefficient (Wildman–Crippen LogP) is 5.93. The van der Waals surface area contributed by atoms with Crippen LogP contribution in [0.2, 0.25) is 10.0 Å². The minimum atomic E-state index is -0.450. The number of hydrogen-bond acceptors (Lipinski definition) is 3. The third-order valence-corrected chi connectivity index (χ3v) is 6.00. The normalized spacial score (nSPS) is 11.3. The number of fused-ring (bicyclic) bond motifs is 1. The molecule has 0 saturated carbocycles. The average molecular weight is 419 g/mol. The molecule has 0 atom stereocenters. The molecule has 0 radical (unpaired) electrons. The molecule has 0 aliphatic carbocycles. The molecule has 0 unspecified atom stereocenters. The van der Waals surface area contributed by atoms with Crippen molar-refractivity contribution >= 4 is 44.8 Å². The molecular weight excluding hydrogens is 406 g/mol. The van der Waals surface area contributed by atoms with Crippen LogP contribution in [-0.4, -0.2) is 9.55 Å². The Balaban J connectivity index is 1.90. The number of halogens is 3. The van der Waals surface area contributed by atoms with Crippen LogP contribution in [-0.2, 0) is 6.54 Å². The number of aryl methyl sites for hydroxylation is 1. The summed E-state index contributed by atoms with van der Waals surface area (Å²) in [6, 6.07) is 11.8. The average Bonchev–Trinajstić information content (AvgIpc) is 2.98. The summed E-state index contributed by atoms with van der Waals surface area (Å²) in [5.41, 5.74) is 1.76. The van der Waals surface area contributed by atoms with Crippen molar-refractivity contribution < 1.29 is 4.39 Å². The van der Waals surface area contributed by atoms with Gasteiger partial charge in [-0.25, -0.2) is 9.37 Å². The van der Waals surface area contributed by atoms with Gasteiger partial charge < -0.3 is 0 Å². The number of hydrogen-bond donors (Lipinski definition) is 0. The number of thiophene rings is 1. The van der Waals surface area contributed by atoms with Crippen LogP contribution in [0.1, 0.15) is 10.4 Å². The molecule has 0 N–H and O–H groups in total. The van der Waals surface area contributed by atoms with Crippen LogP contribution >= 0.6 is 34.5 Å². The van der Waals surface area contributed by atoms with Gasteiger partial charge in [-0.2, -0.15) is 0 Å². The summed E-state index contributed by atoms with van der Waals surface area (Å²) in [5.74, 6) is -0.450. The van der Waals surface area contributed by atoms with E-state index in [2.05, 4.69) is 4.98 Å². The minimum Gasteiger partial charge on any atom is -0.294 e. The monoisotopic (exact) mass is 418 g/mol. The number of rotatable bonds is 3. The molecule has 0 bridgehead atoms. The second kappa shape index (κ2) is 7.08. The van der Waals surface area contributed by atoms with E-state index in [1.165, 1.54) is 34.4 Å². The third kappa shape index (κ3) is 3.27. The van der Waals surface area contributed by atoms with Crippen LogP contribution in [0, 0.1) is 12.7 Å². The largest absolute Gasteiger partial charge is 0.294 e. The van der Waals surface area contributed by atoms with Gasteiger partial charge in [0.25, 0.3) is 5.56 Å². The van der Waals surface area contributed by atoms with Gasteiger partial charge in [0, 0.05) is 26.0 Å². The summed E-state index contributed by atoms with van der Waals surface area (Å²) in [6.07, 6.45) is 1.44. The van der Waals surface area contributed by atoms with Crippen LogP contribution in [0.25, 0.3) is 21.3 Å². The first-order valence-electron chi connectivity index (χ1n) is 8.13. The molecule has 7 heteroatoms. The number of benzene rings is 2. The Hall–Kier alpha value is -2.21. The van der Waals surface area contributed by atoms with Crippen LogP contribution < -0.4 is 5.56 Å². The van der Waals surface area contributed by atoms with Crippen molar-refractivity contribution in [3.63, 3.8) is 0 Å². The first kappa shape index (κ1) is 18.2. The van der Waals surface area contributed by atoms with E-state index < -0.39 is 5.82 Å². The molecule has 0 aliphatic rings. The number of aromatic nitrogens is 2. The standard InChI is InChI=1S/C20H13Cl2FN2OS/c1-11-17(12-5-7-13(21)8-6-12)18-19(27-11)24-10-25(20(18)26)9-14-15(22)3-2-4-16(14)23/h2-8,10H,9H2,1H3. The lowest BCUT2D eigenvalue weighted by Crippen LogP contribution is -2.21. The maximum atomic E-state index is 14.1. The summed E-state index contributed by atoms with van der Waals surface area (Å²) >= 11 is 13.5.